The zero-order chi connectivity index (χ0) is 47.4. The highest BCUT2D eigenvalue weighted by Crippen LogP contribution is 2.41. The first-order chi connectivity index (χ1) is 31.3. The molecule has 0 spiro atoms. The lowest BCUT2D eigenvalue weighted by molar-refractivity contribution is -0.141. The molecule has 1 atom stereocenters. The van der Waals surface area contributed by atoms with E-state index in [9.17, 15) is 26.3 Å². The van der Waals surface area contributed by atoms with Gasteiger partial charge in [0.15, 0.2) is 0 Å². The Morgan fingerprint density at radius 1 is 0.692 bits per heavy atom. The van der Waals surface area contributed by atoms with Crippen molar-refractivity contribution in [3.63, 3.8) is 0 Å². The number of rotatable bonds is 7. The molecular weight excluding hydrogens is 831 g/mol. The molecular formula is C55H64F6N4. The van der Waals surface area contributed by atoms with E-state index in [0.717, 1.165) is 47.3 Å². The number of alkyl halides is 6. The van der Waals surface area contributed by atoms with Crippen molar-refractivity contribution in [2.45, 2.75) is 105 Å². The molecule has 7 N–H and O–H groups in total. The first kappa shape index (κ1) is 51.6. The number of nitrogen functional groups attached to an aromatic ring is 1. The Morgan fingerprint density at radius 3 is 2.17 bits per heavy atom. The van der Waals surface area contributed by atoms with E-state index in [1.54, 1.807) is 11.1 Å². The van der Waals surface area contributed by atoms with Crippen molar-refractivity contribution >= 4 is 27.7 Å². The average Bonchev–Trinajstić information content (AvgIpc) is 3.60. The fourth-order valence-corrected chi connectivity index (χ4v) is 7.98. The van der Waals surface area contributed by atoms with E-state index < -0.39 is 35.6 Å². The fraction of sp³-hybridized carbons (Fsp3) is 0.309. The topological polar surface area (TPSA) is 90.1 Å². The van der Waals surface area contributed by atoms with Gasteiger partial charge in [0.2, 0.25) is 0 Å². The molecule has 65 heavy (non-hydrogen) atoms. The number of para-hydroxylation sites is 1. The predicted octanol–water partition coefficient (Wildman–Crippen LogP) is 15.7. The third-order valence-electron chi connectivity index (χ3n) is 11.2. The molecule has 10 heteroatoms. The number of anilines is 2. The number of hydrogen-bond donors (Lipinski definition) is 4. The van der Waals surface area contributed by atoms with Crippen LogP contribution in [0.2, 0.25) is 0 Å². The maximum Gasteiger partial charge on any atom is 0.416 e. The molecule has 4 aliphatic rings. The molecule has 4 aliphatic carbocycles. The molecule has 0 amide bonds. The molecule has 0 fully saturated rings. The highest BCUT2D eigenvalue weighted by Gasteiger charge is 2.36. The molecule has 1 unspecified atom stereocenters. The van der Waals surface area contributed by atoms with Gasteiger partial charge in [-0.2, -0.15) is 26.3 Å². The lowest BCUT2D eigenvalue weighted by Crippen LogP contribution is -2.14. The van der Waals surface area contributed by atoms with Crippen LogP contribution in [0.3, 0.4) is 0 Å². The van der Waals surface area contributed by atoms with Crippen molar-refractivity contribution in [2.75, 3.05) is 11.1 Å². The molecule has 0 heterocycles. The van der Waals surface area contributed by atoms with Gasteiger partial charge in [-0.05, 0) is 121 Å². The van der Waals surface area contributed by atoms with Crippen molar-refractivity contribution < 1.29 is 26.3 Å². The molecule has 0 aliphatic heterocycles. The van der Waals surface area contributed by atoms with Crippen LogP contribution in [0.15, 0.2) is 168 Å². The first-order valence-electron chi connectivity index (χ1n) is 22.6. The van der Waals surface area contributed by atoms with Gasteiger partial charge in [0.05, 0.1) is 11.1 Å². The van der Waals surface area contributed by atoms with E-state index in [-0.39, 0.29) is 0 Å². The van der Waals surface area contributed by atoms with Crippen LogP contribution in [-0.4, -0.2) is 0 Å². The highest BCUT2D eigenvalue weighted by molar-refractivity contribution is 5.94. The fourth-order valence-electron chi connectivity index (χ4n) is 7.98. The smallest absolute Gasteiger partial charge is 0.399 e. The normalized spacial score (nSPS) is 16.7. The summed E-state index contributed by atoms with van der Waals surface area (Å²) in [4.78, 5) is 0. The minimum atomic E-state index is -4.70. The minimum Gasteiger partial charge on any atom is -0.399 e. The SMILES string of the molecule is CC.CC.NC1=CCC=CC=C1.NCc1cc(C(F)(F)F)ccc1C(F)(F)F.Nc1c(CNc2ccccc2C2=CCCC(C3=CCCC(C4=CC=CCC4)C3)=C2)ccc2ccccc12. The van der Waals surface area contributed by atoms with Gasteiger partial charge >= 0.3 is 12.4 Å². The maximum absolute atomic E-state index is 12.3. The van der Waals surface area contributed by atoms with E-state index in [2.05, 4.69) is 109 Å². The summed E-state index contributed by atoms with van der Waals surface area (Å²) in [6.07, 6.45) is 24.1. The van der Waals surface area contributed by atoms with Gasteiger partial charge < -0.3 is 22.5 Å². The quantitative estimate of drug-likeness (QED) is 0.110. The number of nitrogens with one attached hydrogen (secondary N) is 1. The van der Waals surface area contributed by atoms with Gasteiger partial charge in [0.25, 0.3) is 0 Å². The number of benzene rings is 4. The van der Waals surface area contributed by atoms with Crippen LogP contribution in [0.1, 0.15) is 107 Å². The zero-order valence-electron chi connectivity index (χ0n) is 38.0. The van der Waals surface area contributed by atoms with Crippen molar-refractivity contribution in [3.05, 3.63) is 196 Å². The summed E-state index contributed by atoms with van der Waals surface area (Å²) >= 11 is 0. The molecule has 8 rings (SSSR count). The lowest BCUT2D eigenvalue weighted by Gasteiger charge is -2.28. The van der Waals surface area contributed by atoms with Crippen LogP contribution >= 0.6 is 0 Å². The van der Waals surface area contributed by atoms with Crippen LogP contribution in [0.25, 0.3) is 16.3 Å². The second-order valence-electron chi connectivity index (χ2n) is 15.3. The average molecular weight is 895 g/mol. The molecule has 0 bridgehead atoms. The molecule has 346 valence electrons. The van der Waals surface area contributed by atoms with Crippen LogP contribution in [0, 0.1) is 5.92 Å². The second kappa shape index (κ2) is 25.5. The van der Waals surface area contributed by atoms with E-state index >= 15 is 0 Å². The Labute approximate surface area is 381 Å². The molecule has 0 saturated heterocycles. The monoisotopic (exact) mass is 895 g/mol. The maximum atomic E-state index is 12.3. The van der Waals surface area contributed by atoms with Gasteiger partial charge in [0, 0.05) is 41.1 Å². The van der Waals surface area contributed by atoms with E-state index in [4.69, 9.17) is 17.2 Å². The number of halogens is 6. The van der Waals surface area contributed by atoms with Crippen molar-refractivity contribution in [1.29, 1.82) is 0 Å². The highest BCUT2D eigenvalue weighted by atomic mass is 19.4. The van der Waals surface area contributed by atoms with Gasteiger partial charge in [0.1, 0.15) is 0 Å². The van der Waals surface area contributed by atoms with Crippen LogP contribution in [-0.2, 0) is 25.4 Å². The molecule has 0 aromatic heterocycles. The third kappa shape index (κ3) is 15.0. The number of allylic oxidation sites excluding steroid dienone is 15. The van der Waals surface area contributed by atoms with E-state index in [0.29, 0.717) is 30.7 Å². The summed E-state index contributed by atoms with van der Waals surface area (Å²) < 4.78 is 73.6. The van der Waals surface area contributed by atoms with Crippen LogP contribution in [0.4, 0.5) is 37.7 Å². The first-order valence-corrected chi connectivity index (χ1v) is 22.6. The third-order valence-corrected chi connectivity index (χ3v) is 11.2. The summed E-state index contributed by atoms with van der Waals surface area (Å²) in [6, 6.07) is 22.5. The number of nitrogens with two attached hydrogens (primary N) is 3. The Bertz CT molecular complexity index is 2420. The predicted molar refractivity (Wildman–Crippen MR) is 262 cm³/mol. The summed E-state index contributed by atoms with van der Waals surface area (Å²) in [5, 5.41) is 6.01. The zero-order valence-corrected chi connectivity index (χ0v) is 38.0. The minimum absolute atomic E-state index is 0.391. The summed E-state index contributed by atoms with van der Waals surface area (Å²) in [5.74, 6) is 0.710. The second-order valence-corrected chi connectivity index (χ2v) is 15.3. The molecule has 4 aromatic rings. The number of fused-ring (bicyclic) bond motifs is 1. The summed E-state index contributed by atoms with van der Waals surface area (Å²) in [5.41, 5.74) is 25.6. The van der Waals surface area contributed by atoms with Crippen molar-refractivity contribution in [1.82, 2.24) is 0 Å². The summed E-state index contributed by atoms with van der Waals surface area (Å²) in [7, 11) is 0. The Morgan fingerprint density at radius 2 is 1.45 bits per heavy atom. The van der Waals surface area contributed by atoms with E-state index in [1.807, 2.05) is 52.0 Å². The Balaban J connectivity index is 0.000000272. The van der Waals surface area contributed by atoms with Crippen molar-refractivity contribution in [3.8, 4) is 0 Å². The standard InChI is InChI=1S/C35H36N2.C9H7F6N.C7H9N.2C2H6/c36-35-31(21-20-26-12-4-5-18-33(26)35)24-37-34-19-7-6-17-32(34)30-16-9-15-29(23-30)28-14-8-13-27(22-28)25-10-2-1-3-11-25;10-8(11,12)6-1-2-7(9(13,14)15)5(3-6)4-16;8-7-5-3-1-2-4-6-7;2*1-2/h1-2,4-7,10,12,14,16-21,23,27,37H,3,8-9,11,13,15,22,24,36H2;1-3H,4,16H2;1-3,5-6H,4,8H2;2*1-2H3. The van der Waals surface area contributed by atoms with Gasteiger partial charge in [-0.1, -0.05) is 149 Å². The largest absolute Gasteiger partial charge is 0.416 e. The molecule has 0 saturated carbocycles. The van der Waals surface area contributed by atoms with Gasteiger partial charge in [-0.3, -0.25) is 0 Å². The van der Waals surface area contributed by atoms with Gasteiger partial charge in [-0.15, -0.1) is 0 Å². The van der Waals surface area contributed by atoms with Crippen LogP contribution < -0.4 is 22.5 Å². The number of hydrogen-bond acceptors (Lipinski definition) is 4. The molecule has 4 nitrogen and oxygen atoms in total. The Hall–Kier alpha value is -6.00. The summed E-state index contributed by atoms with van der Waals surface area (Å²) in [6.45, 7) is 8.10. The van der Waals surface area contributed by atoms with E-state index in [1.165, 1.54) is 54.2 Å². The molecule has 0 radical (unpaired) electrons. The van der Waals surface area contributed by atoms with Crippen molar-refractivity contribution in [2.24, 2.45) is 17.4 Å². The van der Waals surface area contributed by atoms with Gasteiger partial charge in [-0.25, -0.2) is 0 Å². The lowest BCUT2D eigenvalue weighted by atomic mass is 9.77. The van der Waals surface area contributed by atoms with Crippen LogP contribution in [0.5, 0.6) is 0 Å². The Kier molecular flexibility index (Phi) is 20.2. The molecule has 4 aromatic carbocycles.